The normalized spacial score (nSPS) is 10.4. The molecule has 82 valence electrons. The molecule has 1 amide bonds. The lowest BCUT2D eigenvalue weighted by Crippen LogP contribution is -2.26. The van der Waals surface area contributed by atoms with Crippen LogP contribution in [0, 0.1) is 0 Å². The van der Waals surface area contributed by atoms with Crippen LogP contribution in [0.15, 0.2) is 11.0 Å². The topological polar surface area (TPSA) is 85.2 Å². The molecule has 0 saturated carbocycles. The van der Waals surface area contributed by atoms with Gasteiger partial charge in [-0.3, -0.25) is 9.59 Å². The van der Waals surface area contributed by atoms with Crippen molar-refractivity contribution in [3.8, 4) is 5.75 Å². The van der Waals surface area contributed by atoms with E-state index >= 15 is 0 Å². The highest BCUT2D eigenvalue weighted by atomic mass is 19.3. The van der Waals surface area contributed by atoms with Crippen LogP contribution in [0.3, 0.4) is 0 Å². The largest absolute Gasteiger partial charge is 0.495 e. The number of hydrogen-bond acceptors (Lipinski definition) is 3. The van der Waals surface area contributed by atoms with E-state index in [2.05, 4.69) is 9.72 Å². The average Bonchev–Trinajstić information content (AvgIpc) is 2.16. The Balaban J connectivity index is 3.58. The Morgan fingerprint density at radius 3 is 2.60 bits per heavy atom. The van der Waals surface area contributed by atoms with Crippen molar-refractivity contribution in [2.24, 2.45) is 5.73 Å². The van der Waals surface area contributed by atoms with Crippen molar-refractivity contribution in [2.45, 2.75) is 6.43 Å². The Morgan fingerprint density at radius 2 is 2.20 bits per heavy atom. The molecule has 1 aromatic heterocycles. The van der Waals surface area contributed by atoms with Crippen molar-refractivity contribution in [2.75, 3.05) is 7.11 Å². The summed E-state index contributed by atoms with van der Waals surface area (Å²) in [5.74, 6) is -1.50. The first-order chi connectivity index (χ1) is 6.99. The number of pyridine rings is 1. The zero-order valence-corrected chi connectivity index (χ0v) is 7.71. The maximum absolute atomic E-state index is 12.6. The Kier molecular flexibility index (Phi) is 3.03. The number of hydrogen-bond donors (Lipinski definition) is 2. The van der Waals surface area contributed by atoms with Gasteiger partial charge in [0, 0.05) is 6.20 Å². The maximum atomic E-state index is 12.6. The molecule has 0 aliphatic carbocycles. The van der Waals surface area contributed by atoms with Crippen molar-refractivity contribution in [1.82, 2.24) is 4.98 Å². The molecule has 0 unspecified atom stereocenters. The van der Waals surface area contributed by atoms with Crippen molar-refractivity contribution < 1.29 is 18.3 Å². The minimum Gasteiger partial charge on any atom is -0.495 e. The predicted molar refractivity (Wildman–Crippen MR) is 47.1 cm³/mol. The molecule has 5 nitrogen and oxygen atoms in total. The van der Waals surface area contributed by atoms with Gasteiger partial charge in [0.2, 0.25) is 0 Å². The fraction of sp³-hybridized carbons (Fsp3) is 0.250. The zero-order chi connectivity index (χ0) is 11.6. The Bertz CT molecular complexity index is 442. The van der Waals surface area contributed by atoms with Crippen molar-refractivity contribution in [3.63, 3.8) is 0 Å². The number of H-pyrrole nitrogens is 1. The second-order valence-electron chi connectivity index (χ2n) is 2.64. The molecule has 3 N–H and O–H groups in total. The van der Waals surface area contributed by atoms with Gasteiger partial charge in [-0.1, -0.05) is 0 Å². The summed E-state index contributed by atoms with van der Waals surface area (Å²) in [5.41, 5.74) is 2.31. The third-order valence-corrected chi connectivity index (χ3v) is 1.78. The number of primary amides is 1. The van der Waals surface area contributed by atoms with Gasteiger partial charge in [-0.2, -0.15) is 0 Å². The maximum Gasteiger partial charge on any atom is 0.268 e. The molecule has 15 heavy (non-hydrogen) atoms. The van der Waals surface area contributed by atoms with E-state index in [9.17, 15) is 18.4 Å². The van der Waals surface area contributed by atoms with Gasteiger partial charge in [0.05, 0.1) is 12.7 Å². The molecule has 1 heterocycles. The van der Waals surface area contributed by atoms with E-state index in [4.69, 9.17) is 5.73 Å². The lowest BCUT2D eigenvalue weighted by molar-refractivity contribution is 0.0981. The van der Waals surface area contributed by atoms with E-state index in [-0.39, 0.29) is 5.75 Å². The van der Waals surface area contributed by atoms with Crippen LogP contribution in [0.5, 0.6) is 5.75 Å². The lowest BCUT2D eigenvalue weighted by Gasteiger charge is -2.09. The standard InChI is InChI=1S/C8H8F2N2O3/c1-15-3-2-12-8(14)5(7(11)13)4(3)6(9)10/h2,6H,1H3,(H2,11,13)(H,12,14). The number of nitrogens with two attached hydrogens (primary N) is 1. The first-order valence-corrected chi connectivity index (χ1v) is 3.86. The first-order valence-electron chi connectivity index (χ1n) is 3.86. The highest BCUT2D eigenvalue weighted by Crippen LogP contribution is 2.29. The number of rotatable bonds is 3. The van der Waals surface area contributed by atoms with Gasteiger partial charge in [0.25, 0.3) is 17.9 Å². The Morgan fingerprint density at radius 1 is 1.60 bits per heavy atom. The van der Waals surface area contributed by atoms with Crippen LogP contribution < -0.4 is 16.0 Å². The van der Waals surface area contributed by atoms with Gasteiger partial charge >= 0.3 is 0 Å². The second kappa shape index (κ2) is 4.07. The molecule has 0 aliphatic rings. The number of methoxy groups -OCH3 is 1. The number of carbonyl (C=O) groups excluding carboxylic acids is 1. The number of aromatic nitrogens is 1. The van der Waals surface area contributed by atoms with Gasteiger partial charge in [0.1, 0.15) is 11.3 Å². The van der Waals surface area contributed by atoms with Crippen LogP contribution in [-0.4, -0.2) is 18.0 Å². The summed E-state index contributed by atoms with van der Waals surface area (Å²) in [6.07, 6.45) is -2.05. The van der Waals surface area contributed by atoms with E-state index in [0.717, 1.165) is 13.3 Å². The molecule has 0 atom stereocenters. The van der Waals surface area contributed by atoms with E-state index < -0.39 is 29.0 Å². The fourth-order valence-electron chi connectivity index (χ4n) is 1.16. The Hall–Kier alpha value is -1.92. The molecule has 0 aromatic carbocycles. The molecular weight excluding hydrogens is 210 g/mol. The summed E-state index contributed by atoms with van der Waals surface area (Å²) in [7, 11) is 1.14. The van der Waals surface area contributed by atoms with E-state index in [0.29, 0.717) is 0 Å². The lowest BCUT2D eigenvalue weighted by atomic mass is 10.1. The van der Waals surface area contributed by atoms with Crippen LogP contribution in [0.25, 0.3) is 0 Å². The monoisotopic (exact) mass is 218 g/mol. The number of carbonyl (C=O) groups is 1. The molecule has 7 heteroatoms. The van der Waals surface area contributed by atoms with Crippen LogP contribution in [-0.2, 0) is 0 Å². The predicted octanol–water partition coefficient (Wildman–Crippen LogP) is 0.420. The van der Waals surface area contributed by atoms with Crippen LogP contribution >= 0.6 is 0 Å². The summed E-state index contributed by atoms with van der Waals surface area (Å²) in [4.78, 5) is 24.0. The van der Waals surface area contributed by atoms with Gasteiger partial charge in [-0.25, -0.2) is 8.78 Å². The smallest absolute Gasteiger partial charge is 0.268 e. The first kappa shape index (κ1) is 11.2. The van der Waals surface area contributed by atoms with Gasteiger partial charge in [-0.15, -0.1) is 0 Å². The average molecular weight is 218 g/mol. The third kappa shape index (κ3) is 1.95. The van der Waals surface area contributed by atoms with Crippen LogP contribution in [0.4, 0.5) is 8.78 Å². The highest BCUT2D eigenvalue weighted by Gasteiger charge is 2.24. The quantitative estimate of drug-likeness (QED) is 0.770. The number of alkyl halides is 2. The molecule has 0 aliphatic heterocycles. The summed E-state index contributed by atoms with van der Waals surface area (Å²) < 4.78 is 29.7. The molecule has 1 aromatic rings. The van der Waals surface area contributed by atoms with E-state index in [1.165, 1.54) is 0 Å². The summed E-state index contributed by atoms with van der Waals surface area (Å²) >= 11 is 0. The molecule has 1 rings (SSSR count). The Labute approximate surface area is 82.9 Å². The van der Waals surface area contributed by atoms with Crippen molar-refractivity contribution in [1.29, 1.82) is 0 Å². The summed E-state index contributed by atoms with van der Waals surface area (Å²) in [5, 5.41) is 0. The van der Waals surface area contributed by atoms with Crippen molar-refractivity contribution in [3.05, 3.63) is 27.7 Å². The molecule has 0 radical (unpaired) electrons. The minimum absolute atomic E-state index is 0.279. The third-order valence-electron chi connectivity index (χ3n) is 1.78. The SMILES string of the molecule is COc1c[nH]c(=O)c(C(N)=O)c1C(F)F. The molecule has 0 saturated heterocycles. The second-order valence-corrected chi connectivity index (χ2v) is 2.64. The van der Waals surface area contributed by atoms with Gasteiger partial charge in [-0.05, 0) is 0 Å². The number of halogens is 2. The van der Waals surface area contributed by atoms with E-state index in [1.807, 2.05) is 0 Å². The fourth-order valence-corrected chi connectivity index (χ4v) is 1.16. The minimum atomic E-state index is -3.01. The summed E-state index contributed by atoms with van der Waals surface area (Å²) in [6.45, 7) is 0. The number of aromatic amines is 1. The highest BCUT2D eigenvalue weighted by molar-refractivity contribution is 5.94. The number of nitrogens with one attached hydrogen (secondary N) is 1. The van der Waals surface area contributed by atoms with Gasteiger partial charge < -0.3 is 15.5 Å². The molecular formula is C8H8F2N2O3. The van der Waals surface area contributed by atoms with E-state index in [1.54, 1.807) is 0 Å². The molecule has 0 spiro atoms. The molecule has 0 fully saturated rings. The number of ether oxygens (including phenoxy) is 1. The van der Waals surface area contributed by atoms with Crippen LogP contribution in [0.1, 0.15) is 22.3 Å². The zero-order valence-electron chi connectivity index (χ0n) is 7.71. The van der Waals surface area contributed by atoms with Gasteiger partial charge in [0.15, 0.2) is 0 Å². The molecule has 0 bridgehead atoms. The summed E-state index contributed by atoms with van der Waals surface area (Å²) in [6, 6.07) is 0. The van der Waals surface area contributed by atoms with Crippen LogP contribution in [0.2, 0.25) is 0 Å². The van der Waals surface area contributed by atoms with Crippen molar-refractivity contribution >= 4 is 5.91 Å². The number of amides is 1.